The molecule has 6 heteroatoms. The summed E-state index contributed by atoms with van der Waals surface area (Å²) in [5, 5.41) is 0. The average molecular weight is 380 g/mol. The summed E-state index contributed by atoms with van der Waals surface area (Å²) in [7, 11) is 4.29. The summed E-state index contributed by atoms with van der Waals surface area (Å²) in [6, 6.07) is 0. The standard InChI is InChI=1S/S2Se4/c1-2-4-6-5-3-1. The summed E-state index contributed by atoms with van der Waals surface area (Å²) in [6.45, 7) is 0. The molecule has 1 rings (SSSR count). The Morgan fingerprint density at radius 2 is 1.33 bits per heavy atom. The van der Waals surface area contributed by atoms with Crippen molar-refractivity contribution in [2.75, 3.05) is 0 Å². The zero-order chi connectivity index (χ0) is 4.24. The van der Waals surface area contributed by atoms with E-state index >= 15 is 0 Å². The molecule has 0 bridgehead atoms. The second-order valence-corrected chi connectivity index (χ2v) is 36.5. The molecule has 0 nitrogen and oxygen atoms in total. The fourth-order valence-electron chi connectivity index (χ4n) is 0.0680. The van der Waals surface area contributed by atoms with Crippen LogP contribution in [0.25, 0.3) is 0 Å². The third-order valence-corrected chi connectivity index (χ3v) is 63.9. The van der Waals surface area contributed by atoms with Gasteiger partial charge in [-0.1, -0.05) is 0 Å². The molecule has 1 saturated heterocycles. The van der Waals surface area contributed by atoms with E-state index in [0.29, 0.717) is 0 Å². The predicted octanol–water partition coefficient (Wildman–Crippen LogP) is -0.227. The Labute approximate surface area is 63.9 Å². The maximum absolute atomic E-state index is 2.15. The van der Waals surface area contributed by atoms with Crippen molar-refractivity contribution in [2.24, 2.45) is 0 Å². The first-order chi connectivity index (χ1) is 3.00. The quantitative estimate of drug-likeness (QED) is 0.421. The molecule has 1 heterocycles. The summed E-state index contributed by atoms with van der Waals surface area (Å²) in [5.41, 5.74) is 0. The fourth-order valence-corrected chi connectivity index (χ4v) is 107. The molecule has 0 amide bonds. The van der Waals surface area contributed by atoms with Crippen LogP contribution in [0.4, 0.5) is 0 Å². The van der Waals surface area contributed by atoms with Crippen molar-refractivity contribution in [2.45, 2.75) is 0 Å². The molecule has 0 saturated carbocycles. The summed E-state index contributed by atoms with van der Waals surface area (Å²) < 4.78 is 0. The van der Waals surface area contributed by atoms with Gasteiger partial charge in [0, 0.05) is 0 Å². The van der Waals surface area contributed by atoms with Crippen molar-refractivity contribution in [3.8, 4) is 0 Å². The van der Waals surface area contributed by atoms with Gasteiger partial charge in [-0.2, -0.15) is 0 Å². The van der Waals surface area contributed by atoms with Gasteiger partial charge in [0.2, 0.25) is 0 Å². The van der Waals surface area contributed by atoms with Crippen LogP contribution in [0.5, 0.6) is 0 Å². The zero-order valence-electron chi connectivity index (χ0n) is 2.45. The zero-order valence-corrected chi connectivity index (χ0v) is 10.9. The van der Waals surface area contributed by atoms with Crippen LogP contribution in [-0.2, 0) is 0 Å². The van der Waals surface area contributed by atoms with Crippen molar-refractivity contribution >= 4 is 65.1 Å². The molecule has 0 aliphatic carbocycles. The molecule has 1 fully saturated rings. The Morgan fingerprint density at radius 1 is 0.833 bits per heavy atom. The van der Waals surface area contributed by atoms with Crippen LogP contribution in [-0.4, -0.2) is 46.6 Å². The molecular weight excluding hydrogens is 380 g/mol. The first-order valence-electron chi connectivity index (χ1n) is 1.00. The Balaban J connectivity index is 2.00. The minimum atomic E-state index is 1.04. The first kappa shape index (κ1) is 6.89. The Hall–Kier alpha value is 2.78. The van der Waals surface area contributed by atoms with E-state index in [-0.39, 0.29) is 0 Å². The van der Waals surface area contributed by atoms with Crippen molar-refractivity contribution in [1.82, 2.24) is 0 Å². The van der Waals surface area contributed by atoms with E-state index in [1.165, 1.54) is 0 Å². The van der Waals surface area contributed by atoms with E-state index in [1.807, 2.05) is 0 Å². The van der Waals surface area contributed by atoms with Crippen LogP contribution < -0.4 is 0 Å². The monoisotopic (exact) mass is 384 g/mol. The van der Waals surface area contributed by atoms with E-state index in [2.05, 4.69) is 18.4 Å². The van der Waals surface area contributed by atoms with Crippen molar-refractivity contribution in [1.29, 1.82) is 0 Å². The molecule has 36 valence electrons. The Morgan fingerprint density at radius 3 is 1.50 bits per heavy atom. The van der Waals surface area contributed by atoms with E-state index in [0.717, 1.165) is 46.6 Å². The van der Waals surface area contributed by atoms with Gasteiger partial charge in [0.25, 0.3) is 0 Å². The maximum atomic E-state index is 2.15. The Kier molecular flexibility index (Phi) is 5.33. The van der Waals surface area contributed by atoms with Gasteiger partial charge in [0.05, 0.1) is 0 Å². The molecular formula is S2Se4. The van der Waals surface area contributed by atoms with E-state index in [4.69, 9.17) is 0 Å². The van der Waals surface area contributed by atoms with Gasteiger partial charge in [-0.3, -0.25) is 0 Å². The van der Waals surface area contributed by atoms with Crippen molar-refractivity contribution < 1.29 is 0 Å². The van der Waals surface area contributed by atoms with Crippen LogP contribution in [0, 0.1) is 0 Å². The topological polar surface area (TPSA) is 0 Å². The van der Waals surface area contributed by atoms with E-state index in [9.17, 15) is 0 Å². The molecule has 6 heavy (non-hydrogen) atoms. The second-order valence-electron chi connectivity index (χ2n) is 0.408. The molecule has 0 aromatic carbocycles. The summed E-state index contributed by atoms with van der Waals surface area (Å²) in [4.78, 5) is 0. The molecule has 0 N–H and O–H groups in total. The molecule has 1 aliphatic heterocycles. The molecule has 0 aromatic rings. The number of rotatable bonds is 0. The summed E-state index contributed by atoms with van der Waals surface area (Å²) >= 11 is 4.38. The molecule has 0 aromatic heterocycles. The number of hydrogen-bond acceptors (Lipinski definition) is 2. The van der Waals surface area contributed by atoms with Gasteiger partial charge in [-0.05, 0) is 0 Å². The fraction of sp³-hybridized carbons (Fsp3) is 0. The van der Waals surface area contributed by atoms with Gasteiger partial charge in [0.15, 0.2) is 0 Å². The normalized spacial score (nSPS) is 24.0. The van der Waals surface area contributed by atoms with Crippen LogP contribution >= 0.6 is 18.4 Å². The van der Waals surface area contributed by atoms with Gasteiger partial charge in [-0.15, -0.1) is 0 Å². The minimum absolute atomic E-state index is 1.04. The molecule has 0 radical (unpaired) electrons. The first-order valence-corrected chi connectivity index (χ1v) is 20.2. The molecule has 0 unspecified atom stereocenters. The summed E-state index contributed by atoms with van der Waals surface area (Å²) in [5.74, 6) is 0. The van der Waals surface area contributed by atoms with Crippen molar-refractivity contribution in [3.05, 3.63) is 0 Å². The van der Waals surface area contributed by atoms with E-state index < -0.39 is 0 Å². The second kappa shape index (κ2) is 4.64. The molecule has 0 atom stereocenters. The van der Waals surface area contributed by atoms with E-state index in [1.54, 1.807) is 0 Å². The van der Waals surface area contributed by atoms with Crippen LogP contribution in [0.1, 0.15) is 0 Å². The summed E-state index contributed by atoms with van der Waals surface area (Å²) in [6.07, 6.45) is 0. The Bertz CT molecular complexity index is 21.0. The van der Waals surface area contributed by atoms with Crippen LogP contribution in [0.3, 0.4) is 0 Å². The predicted molar refractivity (Wildman–Crippen MR) is 38.2 cm³/mol. The number of hydrogen-bond donors (Lipinski definition) is 0. The SMILES string of the molecule is S1S[Se][Se][Se][Se]1. The van der Waals surface area contributed by atoms with Gasteiger partial charge >= 0.3 is 65.1 Å². The van der Waals surface area contributed by atoms with Gasteiger partial charge in [-0.25, -0.2) is 0 Å². The van der Waals surface area contributed by atoms with Gasteiger partial charge in [0.1, 0.15) is 0 Å². The molecule has 1 aliphatic rings. The third kappa shape index (κ3) is 2.94. The van der Waals surface area contributed by atoms with Crippen LogP contribution in [0.2, 0.25) is 0 Å². The van der Waals surface area contributed by atoms with Gasteiger partial charge < -0.3 is 0 Å². The average Bonchev–Trinajstić information content (AvgIpc) is 1.72. The third-order valence-electron chi connectivity index (χ3n) is 0.167. The molecule has 0 spiro atoms. The van der Waals surface area contributed by atoms with Crippen molar-refractivity contribution in [3.63, 3.8) is 0 Å². The van der Waals surface area contributed by atoms with Crippen LogP contribution in [0.15, 0.2) is 0 Å².